The van der Waals surface area contributed by atoms with Gasteiger partial charge in [0.2, 0.25) is 0 Å². The zero-order valence-electron chi connectivity index (χ0n) is 7.91. The van der Waals surface area contributed by atoms with Crippen molar-refractivity contribution in [3.63, 3.8) is 0 Å². The van der Waals surface area contributed by atoms with Crippen LogP contribution in [0.25, 0.3) is 0 Å². The van der Waals surface area contributed by atoms with Crippen LogP contribution < -0.4 is 0 Å². The Bertz CT molecular complexity index is 393. The number of benzene rings is 1. The molecule has 1 atom stereocenters. The molecule has 0 aliphatic carbocycles. The average Bonchev–Trinajstić information content (AvgIpc) is 2.18. The van der Waals surface area contributed by atoms with E-state index in [4.69, 9.17) is 5.11 Å². The van der Waals surface area contributed by atoms with Crippen LogP contribution in [0.3, 0.4) is 0 Å². The molecule has 6 heteroatoms. The Morgan fingerprint density at radius 2 is 2.13 bits per heavy atom. The van der Waals surface area contributed by atoms with Crippen LogP contribution in [0.2, 0.25) is 0 Å². The van der Waals surface area contributed by atoms with Gasteiger partial charge in [0, 0.05) is 6.07 Å². The van der Waals surface area contributed by atoms with E-state index in [1.54, 1.807) is 18.2 Å². The van der Waals surface area contributed by atoms with Gasteiger partial charge in [-0.05, 0) is 13.0 Å². The first-order valence-electron chi connectivity index (χ1n) is 4.15. The first-order chi connectivity index (χ1) is 7.02. The van der Waals surface area contributed by atoms with Gasteiger partial charge in [0.25, 0.3) is 5.69 Å². The van der Waals surface area contributed by atoms with E-state index in [-0.39, 0.29) is 5.69 Å². The summed E-state index contributed by atoms with van der Waals surface area (Å²) in [6.45, 7) is 1.49. The molecule has 80 valence electrons. The summed E-state index contributed by atoms with van der Waals surface area (Å²) in [6, 6.07) is 6.09. The number of nitrogens with zero attached hydrogens (tertiary/aromatic N) is 1. The molecule has 1 aromatic rings. The largest absolute Gasteiger partial charge is 0.480 e. The minimum absolute atomic E-state index is 0.0596. The van der Waals surface area contributed by atoms with E-state index in [1.807, 2.05) is 0 Å². The molecule has 1 N–H and O–H groups in total. The van der Waals surface area contributed by atoms with Crippen LogP contribution in [0.1, 0.15) is 6.92 Å². The fourth-order valence-electron chi connectivity index (χ4n) is 0.949. The minimum Gasteiger partial charge on any atom is -0.480 e. The molecule has 5 nitrogen and oxygen atoms in total. The number of nitro groups is 1. The molecular weight excluding hydrogens is 218 g/mol. The predicted octanol–water partition coefficient (Wildman–Crippen LogP) is 2.16. The Labute approximate surface area is 90.3 Å². The fraction of sp³-hybridized carbons (Fsp3) is 0.222. The highest BCUT2D eigenvalue weighted by Gasteiger charge is 2.19. The van der Waals surface area contributed by atoms with E-state index in [0.29, 0.717) is 4.90 Å². The van der Waals surface area contributed by atoms with E-state index in [2.05, 4.69) is 0 Å². The van der Waals surface area contributed by atoms with Crippen molar-refractivity contribution in [2.75, 3.05) is 0 Å². The number of aliphatic carboxylic acids is 1. The Hall–Kier alpha value is -1.56. The molecule has 0 radical (unpaired) electrons. The quantitative estimate of drug-likeness (QED) is 0.484. The van der Waals surface area contributed by atoms with Gasteiger partial charge in [-0.1, -0.05) is 12.1 Å². The number of carbonyl (C=O) groups is 1. The van der Waals surface area contributed by atoms with E-state index in [1.165, 1.54) is 13.0 Å². The highest BCUT2D eigenvalue weighted by molar-refractivity contribution is 8.00. The van der Waals surface area contributed by atoms with Crippen molar-refractivity contribution in [3.8, 4) is 0 Å². The molecule has 0 saturated carbocycles. The number of thioether (sulfide) groups is 1. The summed E-state index contributed by atoms with van der Waals surface area (Å²) in [5.41, 5.74) is -0.0596. The Morgan fingerprint density at radius 3 is 2.67 bits per heavy atom. The zero-order valence-corrected chi connectivity index (χ0v) is 8.73. The summed E-state index contributed by atoms with van der Waals surface area (Å²) in [4.78, 5) is 21.1. The average molecular weight is 227 g/mol. The van der Waals surface area contributed by atoms with Gasteiger partial charge >= 0.3 is 5.97 Å². The molecule has 0 amide bonds. The molecule has 0 fully saturated rings. The van der Waals surface area contributed by atoms with Crippen LogP contribution in [-0.4, -0.2) is 21.2 Å². The Kier molecular flexibility index (Phi) is 3.68. The van der Waals surface area contributed by atoms with Crippen LogP contribution >= 0.6 is 11.8 Å². The smallest absolute Gasteiger partial charge is 0.316 e. The van der Waals surface area contributed by atoms with Crippen molar-refractivity contribution in [1.29, 1.82) is 0 Å². The van der Waals surface area contributed by atoms with E-state index >= 15 is 0 Å². The molecule has 0 spiro atoms. The number of hydrogen-bond acceptors (Lipinski definition) is 4. The number of carboxylic acids is 1. The second-order valence-electron chi connectivity index (χ2n) is 2.82. The SMILES string of the molecule is CC(Sc1ccccc1[N+](=O)[O-])C(=O)O. The molecule has 1 unspecified atom stereocenters. The van der Waals surface area contributed by atoms with E-state index in [9.17, 15) is 14.9 Å². The second-order valence-corrected chi connectivity index (χ2v) is 4.21. The number of carboxylic acid groups (broad SMARTS) is 1. The van der Waals surface area contributed by atoms with Crippen LogP contribution in [-0.2, 0) is 4.79 Å². The number of nitro benzene ring substituents is 1. The second kappa shape index (κ2) is 4.79. The Morgan fingerprint density at radius 1 is 1.53 bits per heavy atom. The lowest BCUT2D eigenvalue weighted by Gasteiger charge is -2.05. The highest BCUT2D eigenvalue weighted by Crippen LogP contribution is 2.31. The maximum atomic E-state index is 10.6. The van der Waals surface area contributed by atoms with Gasteiger partial charge in [-0.25, -0.2) is 0 Å². The number of para-hydroxylation sites is 1. The van der Waals surface area contributed by atoms with E-state index in [0.717, 1.165) is 11.8 Å². The lowest BCUT2D eigenvalue weighted by Crippen LogP contribution is -2.11. The summed E-state index contributed by atoms with van der Waals surface area (Å²) in [6.07, 6.45) is 0. The number of hydrogen-bond donors (Lipinski definition) is 1. The predicted molar refractivity (Wildman–Crippen MR) is 56.1 cm³/mol. The van der Waals surface area contributed by atoms with Gasteiger partial charge in [0.05, 0.1) is 9.82 Å². The fourth-order valence-corrected chi connectivity index (χ4v) is 1.85. The highest BCUT2D eigenvalue weighted by atomic mass is 32.2. The van der Waals surface area contributed by atoms with Crippen LogP contribution in [0.4, 0.5) is 5.69 Å². The molecule has 1 aromatic carbocycles. The van der Waals surface area contributed by atoms with Gasteiger partial charge in [0.1, 0.15) is 5.25 Å². The van der Waals surface area contributed by atoms with Crippen LogP contribution in [0.15, 0.2) is 29.2 Å². The minimum atomic E-state index is -0.988. The first-order valence-corrected chi connectivity index (χ1v) is 5.03. The third-order valence-corrected chi connectivity index (χ3v) is 2.87. The number of rotatable bonds is 4. The molecule has 0 bridgehead atoms. The molecular formula is C9H9NO4S. The lowest BCUT2D eigenvalue weighted by atomic mass is 10.3. The monoisotopic (exact) mass is 227 g/mol. The van der Waals surface area contributed by atoms with E-state index < -0.39 is 16.1 Å². The summed E-state index contributed by atoms with van der Waals surface area (Å²) in [7, 11) is 0. The first kappa shape index (κ1) is 11.5. The summed E-state index contributed by atoms with van der Waals surface area (Å²) in [5, 5.41) is 18.6. The van der Waals surface area contributed by atoms with Crippen molar-refractivity contribution in [3.05, 3.63) is 34.4 Å². The van der Waals surface area contributed by atoms with Gasteiger partial charge < -0.3 is 5.11 Å². The maximum Gasteiger partial charge on any atom is 0.316 e. The van der Waals surface area contributed by atoms with Gasteiger partial charge in [-0.3, -0.25) is 14.9 Å². The summed E-state index contributed by atoms with van der Waals surface area (Å²) >= 11 is 0.965. The van der Waals surface area contributed by atoms with Gasteiger partial charge in [-0.2, -0.15) is 0 Å². The molecule has 1 rings (SSSR count). The van der Waals surface area contributed by atoms with Gasteiger partial charge in [0.15, 0.2) is 0 Å². The van der Waals surface area contributed by atoms with Crippen molar-refractivity contribution in [1.82, 2.24) is 0 Å². The van der Waals surface area contributed by atoms with Crippen molar-refractivity contribution < 1.29 is 14.8 Å². The standard InChI is InChI=1S/C9H9NO4S/c1-6(9(11)12)15-8-5-3-2-4-7(8)10(13)14/h2-6H,1H3,(H,11,12). The molecule has 0 heterocycles. The van der Waals surface area contributed by atoms with Crippen molar-refractivity contribution in [2.24, 2.45) is 0 Å². The topological polar surface area (TPSA) is 80.4 Å². The molecule has 0 aliphatic rings. The zero-order chi connectivity index (χ0) is 11.4. The molecule has 0 aliphatic heterocycles. The Balaban J connectivity index is 2.94. The summed E-state index contributed by atoms with van der Waals surface area (Å²) < 4.78 is 0. The lowest BCUT2D eigenvalue weighted by molar-refractivity contribution is -0.387. The maximum absolute atomic E-state index is 10.6. The van der Waals surface area contributed by atoms with Crippen LogP contribution in [0, 0.1) is 10.1 Å². The van der Waals surface area contributed by atoms with Crippen molar-refractivity contribution >= 4 is 23.4 Å². The molecule has 0 saturated heterocycles. The van der Waals surface area contributed by atoms with Crippen molar-refractivity contribution in [2.45, 2.75) is 17.1 Å². The van der Waals surface area contributed by atoms with Gasteiger partial charge in [-0.15, -0.1) is 11.8 Å². The summed E-state index contributed by atoms with van der Waals surface area (Å²) in [5.74, 6) is -0.988. The van der Waals surface area contributed by atoms with Crippen LogP contribution in [0.5, 0.6) is 0 Å². The molecule has 0 aromatic heterocycles. The third-order valence-electron chi connectivity index (χ3n) is 1.71. The third kappa shape index (κ3) is 2.95. The molecule has 15 heavy (non-hydrogen) atoms. The normalized spacial score (nSPS) is 12.1.